The van der Waals surface area contributed by atoms with E-state index in [1.807, 2.05) is 44.2 Å². The molecule has 0 atom stereocenters. The SMILES string of the molecule is COc1ccc(Cl)cc1NC(=O)CC(=O)N(Cc1ccccc1)C(C)C. The van der Waals surface area contributed by atoms with Crippen LogP contribution in [0, 0.1) is 0 Å². The van der Waals surface area contributed by atoms with E-state index in [-0.39, 0.29) is 18.4 Å². The first-order valence-electron chi connectivity index (χ1n) is 8.37. The molecule has 2 aromatic rings. The highest BCUT2D eigenvalue weighted by Crippen LogP contribution is 2.27. The molecule has 26 heavy (non-hydrogen) atoms. The molecule has 0 spiro atoms. The molecular formula is C20H23ClN2O3. The highest BCUT2D eigenvalue weighted by Gasteiger charge is 2.21. The minimum Gasteiger partial charge on any atom is -0.495 e. The summed E-state index contributed by atoms with van der Waals surface area (Å²) in [6.07, 6.45) is -0.249. The van der Waals surface area contributed by atoms with Crippen molar-refractivity contribution >= 4 is 29.1 Å². The zero-order valence-electron chi connectivity index (χ0n) is 15.2. The van der Waals surface area contributed by atoms with Crippen LogP contribution in [0.5, 0.6) is 5.75 Å². The molecule has 2 amide bonds. The summed E-state index contributed by atoms with van der Waals surface area (Å²) in [5.41, 5.74) is 1.46. The van der Waals surface area contributed by atoms with Crippen molar-refractivity contribution in [2.75, 3.05) is 12.4 Å². The van der Waals surface area contributed by atoms with Gasteiger partial charge in [-0.2, -0.15) is 0 Å². The van der Waals surface area contributed by atoms with Gasteiger partial charge in [-0.05, 0) is 37.6 Å². The summed E-state index contributed by atoms with van der Waals surface area (Å²) in [6, 6.07) is 14.6. The quantitative estimate of drug-likeness (QED) is 0.742. The van der Waals surface area contributed by atoms with Crippen LogP contribution in [0.3, 0.4) is 0 Å². The largest absolute Gasteiger partial charge is 0.495 e. The van der Waals surface area contributed by atoms with Gasteiger partial charge < -0.3 is 15.0 Å². The molecule has 0 bridgehead atoms. The van der Waals surface area contributed by atoms with Crippen molar-refractivity contribution in [1.82, 2.24) is 4.90 Å². The van der Waals surface area contributed by atoms with E-state index in [0.717, 1.165) is 5.56 Å². The molecule has 1 N–H and O–H groups in total. The molecule has 2 aromatic carbocycles. The molecule has 0 heterocycles. The number of halogens is 1. The average Bonchev–Trinajstić information content (AvgIpc) is 2.60. The number of anilines is 1. The molecule has 5 nitrogen and oxygen atoms in total. The van der Waals surface area contributed by atoms with E-state index in [0.29, 0.717) is 23.0 Å². The number of carbonyl (C=O) groups excluding carboxylic acids is 2. The van der Waals surface area contributed by atoms with Crippen LogP contribution in [0.25, 0.3) is 0 Å². The van der Waals surface area contributed by atoms with E-state index < -0.39 is 5.91 Å². The summed E-state index contributed by atoms with van der Waals surface area (Å²) >= 11 is 5.96. The number of nitrogens with one attached hydrogen (secondary N) is 1. The second-order valence-corrected chi connectivity index (χ2v) is 6.61. The summed E-state index contributed by atoms with van der Waals surface area (Å²) in [5.74, 6) is -0.156. The molecule has 0 aliphatic heterocycles. The highest BCUT2D eigenvalue weighted by molar-refractivity contribution is 6.31. The highest BCUT2D eigenvalue weighted by atomic mass is 35.5. The molecule has 0 radical (unpaired) electrons. The Morgan fingerprint density at radius 2 is 1.85 bits per heavy atom. The number of methoxy groups -OCH3 is 1. The lowest BCUT2D eigenvalue weighted by atomic mass is 10.1. The van der Waals surface area contributed by atoms with Crippen LogP contribution in [0.15, 0.2) is 48.5 Å². The van der Waals surface area contributed by atoms with Crippen molar-refractivity contribution < 1.29 is 14.3 Å². The Kier molecular flexibility index (Phi) is 7.04. The molecule has 0 aliphatic carbocycles. The number of hydrogen-bond acceptors (Lipinski definition) is 3. The number of hydrogen-bond donors (Lipinski definition) is 1. The van der Waals surface area contributed by atoms with E-state index >= 15 is 0 Å². The van der Waals surface area contributed by atoms with Gasteiger partial charge in [0.2, 0.25) is 11.8 Å². The minimum absolute atomic E-state index is 0.0174. The van der Waals surface area contributed by atoms with Gasteiger partial charge in [-0.1, -0.05) is 41.9 Å². The van der Waals surface area contributed by atoms with Crippen molar-refractivity contribution in [2.45, 2.75) is 32.9 Å². The summed E-state index contributed by atoms with van der Waals surface area (Å²) < 4.78 is 5.20. The fraction of sp³-hybridized carbons (Fsp3) is 0.300. The molecule has 138 valence electrons. The van der Waals surface area contributed by atoms with Crippen LogP contribution < -0.4 is 10.1 Å². The Labute approximate surface area is 158 Å². The van der Waals surface area contributed by atoms with Gasteiger partial charge in [-0.15, -0.1) is 0 Å². The third kappa shape index (κ3) is 5.49. The topological polar surface area (TPSA) is 58.6 Å². The summed E-state index contributed by atoms with van der Waals surface area (Å²) in [7, 11) is 1.50. The summed E-state index contributed by atoms with van der Waals surface area (Å²) in [5, 5.41) is 3.17. The van der Waals surface area contributed by atoms with E-state index in [2.05, 4.69) is 5.32 Å². The van der Waals surface area contributed by atoms with Gasteiger partial charge in [-0.25, -0.2) is 0 Å². The zero-order chi connectivity index (χ0) is 19.1. The molecule has 0 aliphatic rings. The third-order valence-electron chi connectivity index (χ3n) is 3.89. The Morgan fingerprint density at radius 1 is 1.15 bits per heavy atom. The van der Waals surface area contributed by atoms with Gasteiger partial charge in [0.25, 0.3) is 0 Å². The van der Waals surface area contributed by atoms with Gasteiger partial charge in [0.05, 0.1) is 12.8 Å². The second-order valence-electron chi connectivity index (χ2n) is 6.17. The lowest BCUT2D eigenvalue weighted by molar-refractivity contribution is -0.136. The van der Waals surface area contributed by atoms with Crippen LogP contribution in [-0.2, 0) is 16.1 Å². The number of nitrogens with zero attached hydrogens (tertiary/aromatic N) is 1. The van der Waals surface area contributed by atoms with Crippen LogP contribution >= 0.6 is 11.6 Å². The Bertz CT molecular complexity index is 763. The fourth-order valence-corrected chi connectivity index (χ4v) is 2.72. The van der Waals surface area contributed by atoms with Crippen LogP contribution in [0.2, 0.25) is 5.02 Å². The average molecular weight is 375 g/mol. The summed E-state index contributed by atoms with van der Waals surface area (Å²) in [6.45, 7) is 4.32. The van der Waals surface area contributed by atoms with Crippen LogP contribution in [0.1, 0.15) is 25.8 Å². The fourth-order valence-electron chi connectivity index (χ4n) is 2.55. The molecule has 6 heteroatoms. The first kappa shape index (κ1) is 19.8. The minimum atomic E-state index is -0.408. The van der Waals surface area contributed by atoms with Gasteiger partial charge in [0, 0.05) is 17.6 Å². The Balaban J connectivity index is 2.04. The van der Waals surface area contributed by atoms with Crippen molar-refractivity contribution in [1.29, 1.82) is 0 Å². The molecule has 0 saturated heterocycles. The molecule has 0 saturated carbocycles. The maximum absolute atomic E-state index is 12.6. The number of rotatable bonds is 7. The first-order valence-corrected chi connectivity index (χ1v) is 8.75. The Morgan fingerprint density at radius 3 is 2.46 bits per heavy atom. The second kappa shape index (κ2) is 9.25. The van der Waals surface area contributed by atoms with E-state index in [4.69, 9.17) is 16.3 Å². The number of benzene rings is 2. The van der Waals surface area contributed by atoms with Crippen molar-refractivity contribution in [3.05, 3.63) is 59.1 Å². The van der Waals surface area contributed by atoms with Gasteiger partial charge in [0.15, 0.2) is 0 Å². The maximum atomic E-state index is 12.6. The van der Waals surface area contributed by atoms with E-state index in [9.17, 15) is 9.59 Å². The van der Waals surface area contributed by atoms with Gasteiger partial charge in [0.1, 0.15) is 12.2 Å². The lowest BCUT2D eigenvalue weighted by Gasteiger charge is -2.27. The van der Waals surface area contributed by atoms with E-state index in [1.54, 1.807) is 23.1 Å². The lowest BCUT2D eigenvalue weighted by Crippen LogP contribution is -2.38. The molecule has 0 fully saturated rings. The monoisotopic (exact) mass is 374 g/mol. The number of carbonyl (C=O) groups is 2. The van der Waals surface area contributed by atoms with Gasteiger partial charge in [-0.3, -0.25) is 9.59 Å². The Hall–Kier alpha value is -2.53. The molecule has 0 aromatic heterocycles. The maximum Gasteiger partial charge on any atom is 0.233 e. The third-order valence-corrected chi connectivity index (χ3v) is 4.12. The predicted molar refractivity (Wildman–Crippen MR) is 103 cm³/mol. The smallest absolute Gasteiger partial charge is 0.233 e. The zero-order valence-corrected chi connectivity index (χ0v) is 15.9. The van der Waals surface area contributed by atoms with Gasteiger partial charge >= 0.3 is 0 Å². The first-order chi connectivity index (χ1) is 12.4. The molecule has 0 unspecified atom stereocenters. The van der Waals surface area contributed by atoms with E-state index in [1.165, 1.54) is 7.11 Å². The summed E-state index contributed by atoms with van der Waals surface area (Å²) in [4.78, 5) is 26.6. The number of amides is 2. The number of ether oxygens (including phenoxy) is 1. The van der Waals surface area contributed by atoms with Crippen LogP contribution in [-0.4, -0.2) is 29.9 Å². The molecular weight excluding hydrogens is 352 g/mol. The van der Waals surface area contributed by atoms with Crippen molar-refractivity contribution in [2.24, 2.45) is 0 Å². The molecule has 2 rings (SSSR count). The van der Waals surface area contributed by atoms with Crippen LogP contribution in [0.4, 0.5) is 5.69 Å². The normalized spacial score (nSPS) is 10.5. The van der Waals surface area contributed by atoms with Crippen molar-refractivity contribution in [3.8, 4) is 5.75 Å². The van der Waals surface area contributed by atoms with Crippen molar-refractivity contribution in [3.63, 3.8) is 0 Å². The standard InChI is InChI=1S/C20H23ClN2O3/c1-14(2)23(13-15-7-5-4-6-8-15)20(25)12-19(24)22-17-11-16(21)9-10-18(17)26-3/h4-11,14H,12-13H2,1-3H3,(H,22,24). The predicted octanol–water partition coefficient (Wildman–Crippen LogP) is 4.11.